The van der Waals surface area contributed by atoms with Crippen molar-refractivity contribution in [3.8, 4) is 11.9 Å². The van der Waals surface area contributed by atoms with Gasteiger partial charge in [0.2, 0.25) is 5.88 Å². The van der Waals surface area contributed by atoms with Gasteiger partial charge in [0.1, 0.15) is 11.2 Å². The van der Waals surface area contributed by atoms with Crippen molar-refractivity contribution in [2.75, 3.05) is 19.1 Å². The molecule has 0 bridgehead atoms. The van der Waals surface area contributed by atoms with E-state index in [-0.39, 0.29) is 23.5 Å². The molecule has 30 heavy (non-hydrogen) atoms. The van der Waals surface area contributed by atoms with Crippen molar-refractivity contribution in [2.45, 2.75) is 6.54 Å². The van der Waals surface area contributed by atoms with Crippen LogP contribution in [0.4, 0.5) is 5.13 Å². The number of para-hydroxylation sites is 1. The molecule has 2 aromatic carbocycles. The average Bonchev–Trinajstić information content (AvgIpc) is 3.22. The summed E-state index contributed by atoms with van der Waals surface area (Å²) < 4.78 is 11.2. The maximum absolute atomic E-state index is 13.5. The summed E-state index contributed by atoms with van der Waals surface area (Å²) in [5.41, 5.74) is 1.74. The van der Waals surface area contributed by atoms with Crippen LogP contribution in [0.25, 0.3) is 10.2 Å². The van der Waals surface area contributed by atoms with Gasteiger partial charge in [-0.25, -0.2) is 4.98 Å². The lowest BCUT2D eigenvalue weighted by molar-refractivity contribution is 0.0978. The second-order valence-corrected chi connectivity index (χ2v) is 7.66. The van der Waals surface area contributed by atoms with Crippen LogP contribution in [-0.4, -0.2) is 35.1 Å². The molecule has 4 aromatic rings. The largest absolute Gasteiger partial charge is 0.481 e. The van der Waals surface area contributed by atoms with Crippen LogP contribution in [0.2, 0.25) is 5.02 Å². The summed E-state index contributed by atoms with van der Waals surface area (Å²) in [6.07, 6.45) is 0. The zero-order chi connectivity index (χ0) is 21.1. The summed E-state index contributed by atoms with van der Waals surface area (Å²) in [4.78, 5) is 28.0. The lowest BCUT2D eigenvalue weighted by Crippen LogP contribution is -2.31. The Hall–Kier alpha value is -3.23. The zero-order valence-electron chi connectivity index (χ0n) is 16.2. The number of ether oxygens (including phenoxy) is 2. The highest BCUT2D eigenvalue weighted by atomic mass is 35.5. The summed E-state index contributed by atoms with van der Waals surface area (Å²) in [6.45, 7) is 0.311. The maximum atomic E-state index is 13.5. The van der Waals surface area contributed by atoms with Gasteiger partial charge in [0.05, 0.1) is 30.5 Å². The second-order valence-electron chi connectivity index (χ2n) is 6.24. The second kappa shape index (κ2) is 8.64. The Kier molecular flexibility index (Phi) is 5.78. The highest BCUT2D eigenvalue weighted by Crippen LogP contribution is 2.34. The number of methoxy groups -OCH3 is 2. The van der Waals surface area contributed by atoms with E-state index in [0.29, 0.717) is 22.2 Å². The van der Waals surface area contributed by atoms with Gasteiger partial charge in [0.25, 0.3) is 5.91 Å². The van der Waals surface area contributed by atoms with Crippen LogP contribution in [0.5, 0.6) is 11.9 Å². The molecule has 2 aromatic heterocycles. The van der Waals surface area contributed by atoms with Crippen LogP contribution in [0.1, 0.15) is 16.1 Å². The number of nitrogens with zero attached hydrogens (tertiary/aromatic N) is 4. The summed E-state index contributed by atoms with van der Waals surface area (Å²) in [5, 5.41) is 1.05. The first-order valence-corrected chi connectivity index (χ1v) is 10.2. The molecule has 0 saturated heterocycles. The third-order valence-electron chi connectivity index (χ3n) is 4.31. The lowest BCUT2D eigenvalue weighted by Gasteiger charge is -2.20. The van der Waals surface area contributed by atoms with E-state index in [9.17, 15) is 4.79 Å². The van der Waals surface area contributed by atoms with Gasteiger partial charge in [0, 0.05) is 6.07 Å². The number of carbonyl (C=O) groups is 1. The standard InChI is InChI=1S/C21H17ClN4O3S/c1-28-17-11-15(23-20(24-17)29-2)19(27)26(12-13-7-4-3-5-8-13)21-25-18-14(22)9-6-10-16(18)30-21/h3-11H,12H2,1-2H3. The van der Waals surface area contributed by atoms with E-state index in [2.05, 4.69) is 15.0 Å². The van der Waals surface area contributed by atoms with Gasteiger partial charge >= 0.3 is 6.01 Å². The van der Waals surface area contributed by atoms with Gasteiger partial charge in [-0.1, -0.05) is 59.3 Å². The molecule has 152 valence electrons. The number of carbonyl (C=O) groups excluding carboxylic acids is 1. The van der Waals surface area contributed by atoms with Gasteiger partial charge in [-0.15, -0.1) is 0 Å². The molecule has 0 saturated carbocycles. The summed E-state index contributed by atoms with van der Waals surface area (Å²) in [5.74, 6) is -0.120. The van der Waals surface area contributed by atoms with Crippen molar-refractivity contribution in [1.82, 2.24) is 15.0 Å². The molecule has 0 fully saturated rings. The van der Waals surface area contributed by atoms with E-state index < -0.39 is 0 Å². The van der Waals surface area contributed by atoms with Crippen molar-refractivity contribution >= 4 is 44.2 Å². The molecule has 2 heterocycles. The number of anilines is 1. The molecule has 0 unspecified atom stereocenters. The minimum atomic E-state index is -0.354. The molecular weight excluding hydrogens is 424 g/mol. The Bertz CT molecular complexity index is 1180. The molecule has 0 aliphatic heterocycles. The number of amides is 1. The number of thiazole rings is 1. The Balaban J connectivity index is 1.80. The molecular formula is C21H17ClN4O3S. The number of fused-ring (bicyclic) bond motifs is 1. The smallest absolute Gasteiger partial charge is 0.320 e. The van der Waals surface area contributed by atoms with E-state index >= 15 is 0 Å². The molecule has 0 atom stereocenters. The fourth-order valence-electron chi connectivity index (χ4n) is 2.86. The Labute approximate surface area is 181 Å². The molecule has 1 amide bonds. The number of hydrogen-bond acceptors (Lipinski definition) is 7. The van der Waals surface area contributed by atoms with Crippen molar-refractivity contribution in [3.63, 3.8) is 0 Å². The van der Waals surface area contributed by atoms with Gasteiger partial charge < -0.3 is 9.47 Å². The van der Waals surface area contributed by atoms with E-state index in [1.807, 2.05) is 42.5 Å². The van der Waals surface area contributed by atoms with E-state index in [1.54, 1.807) is 11.0 Å². The van der Waals surface area contributed by atoms with Crippen LogP contribution < -0.4 is 14.4 Å². The fourth-order valence-corrected chi connectivity index (χ4v) is 4.12. The van der Waals surface area contributed by atoms with E-state index in [1.165, 1.54) is 31.6 Å². The van der Waals surface area contributed by atoms with Gasteiger partial charge in [-0.2, -0.15) is 9.97 Å². The van der Waals surface area contributed by atoms with E-state index in [0.717, 1.165) is 10.3 Å². The molecule has 0 aliphatic rings. The minimum Gasteiger partial charge on any atom is -0.481 e. The first-order valence-electron chi connectivity index (χ1n) is 8.97. The summed E-state index contributed by atoms with van der Waals surface area (Å²) in [6, 6.07) is 16.7. The molecule has 7 nitrogen and oxygen atoms in total. The van der Waals surface area contributed by atoms with Crippen molar-refractivity contribution in [1.29, 1.82) is 0 Å². The SMILES string of the molecule is COc1cc(C(=O)N(Cc2ccccc2)c2nc3c(Cl)cccc3s2)nc(OC)n1. The van der Waals surface area contributed by atoms with Crippen molar-refractivity contribution < 1.29 is 14.3 Å². The molecule has 0 spiro atoms. The summed E-state index contributed by atoms with van der Waals surface area (Å²) in [7, 11) is 2.90. The Morgan fingerprint density at radius 1 is 1.03 bits per heavy atom. The molecule has 0 radical (unpaired) electrons. The normalized spacial score (nSPS) is 10.8. The molecule has 0 aliphatic carbocycles. The van der Waals surface area contributed by atoms with Crippen molar-refractivity contribution in [2.24, 2.45) is 0 Å². The van der Waals surface area contributed by atoms with Gasteiger partial charge in [0.15, 0.2) is 5.13 Å². The van der Waals surface area contributed by atoms with Gasteiger partial charge in [-0.3, -0.25) is 9.69 Å². The highest BCUT2D eigenvalue weighted by Gasteiger charge is 2.25. The topological polar surface area (TPSA) is 77.4 Å². The lowest BCUT2D eigenvalue weighted by atomic mass is 10.2. The van der Waals surface area contributed by atoms with Crippen LogP contribution >= 0.6 is 22.9 Å². The van der Waals surface area contributed by atoms with Crippen molar-refractivity contribution in [3.05, 3.63) is 70.9 Å². The average molecular weight is 441 g/mol. The molecule has 0 N–H and O–H groups in total. The number of halogens is 1. The Morgan fingerprint density at radius 2 is 1.83 bits per heavy atom. The fraction of sp³-hybridized carbons (Fsp3) is 0.143. The summed E-state index contributed by atoms with van der Waals surface area (Å²) >= 11 is 7.68. The quantitative estimate of drug-likeness (QED) is 0.436. The monoisotopic (exact) mass is 440 g/mol. The minimum absolute atomic E-state index is 0.0460. The van der Waals surface area contributed by atoms with E-state index in [4.69, 9.17) is 21.1 Å². The number of aromatic nitrogens is 3. The highest BCUT2D eigenvalue weighted by molar-refractivity contribution is 7.22. The number of rotatable bonds is 6. The first-order chi connectivity index (χ1) is 14.6. The predicted molar refractivity (Wildman–Crippen MR) is 117 cm³/mol. The first kappa shape index (κ1) is 20.1. The number of hydrogen-bond donors (Lipinski definition) is 0. The van der Waals surface area contributed by atoms with Crippen LogP contribution in [0.15, 0.2) is 54.6 Å². The third-order valence-corrected chi connectivity index (χ3v) is 5.66. The van der Waals surface area contributed by atoms with Crippen LogP contribution in [0.3, 0.4) is 0 Å². The molecule has 9 heteroatoms. The van der Waals surface area contributed by atoms with Gasteiger partial charge in [-0.05, 0) is 17.7 Å². The van der Waals surface area contributed by atoms with Crippen LogP contribution in [-0.2, 0) is 6.54 Å². The maximum Gasteiger partial charge on any atom is 0.320 e. The number of benzene rings is 2. The molecule has 4 rings (SSSR count). The third kappa shape index (κ3) is 4.05. The Morgan fingerprint density at radius 3 is 2.53 bits per heavy atom. The predicted octanol–water partition coefficient (Wildman–Crippen LogP) is 4.60. The van der Waals surface area contributed by atoms with Crippen LogP contribution in [0, 0.1) is 0 Å². The zero-order valence-corrected chi connectivity index (χ0v) is 17.8.